The second kappa shape index (κ2) is 12.1. The van der Waals surface area contributed by atoms with Gasteiger partial charge in [0.2, 0.25) is 0 Å². The lowest BCUT2D eigenvalue weighted by molar-refractivity contribution is 0.0903. The Morgan fingerprint density at radius 1 is 1.03 bits per heavy atom. The maximum atomic E-state index is 12.9. The monoisotopic (exact) mass is 414 g/mol. The van der Waals surface area contributed by atoms with E-state index < -0.39 is 0 Å². The normalized spacial score (nSPS) is 13.6. The third-order valence-electron chi connectivity index (χ3n) is 4.90. The van der Waals surface area contributed by atoms with E-state index in [9.17, 15) is 4.79 Å². The van der Waals surface area contributed by atoms with E-state index in [4.69, 9.17) is 14.2 Å². The Morgan fingerprint density at radius 2 is 1.73 bits per heavy atom. The molecule has 1 heterocycles. The minimum atomic E-state index is -0.104. The fourth-order valence-corrected chi connectivity index (χ4v) is 3.30. The Bertz CT molecular complexity index is 817. The summed E-state index contributed by atoms with van der Waals surface area (Å²) in [6.07, 6.45) is 1.89. The highest BCUT2D eigenvalue weighted by molar-refractivity contribution is 5.99. The van der Waals surface area contributed by atoms with Crippen LogP contribution >= 0.6 is 0 Å². The number of amides is 1. The van der Waals surface area contributed by atoms with Gasteiger partial charge < -0.3 is 24.8 Å². The van der Waals surface area contributed by atoms with Gasteiger partial charge in [0, 0.05) is 31.5 Å². The average molecular weight is 415 g/mol. The lowest BCUT2D eigenvalue weighted by atomic mass is 10.0. The standard InChI is InChI=1S/C22H28N2O4.C2H6/c1-15-4-6-19(24-17-8-10-28-11-9-17)18(12-15)22(25)23-14-16-5-7-20(26-2)21(13-16)27-3;1-2/h4-7,12-13,17,24H,8-11,14H2,1-3H3,(H,23,25);1-2H3. The fraction of sp³-hybridized carbons (Fsp3) is 0.458. The molecule has 0 radical (unpaired) electrons. The smallest absolute Gasteiger partial charge is 0.253 e. The van der Waals surface area contributed by atoms with E-state index in [0.29, 0.717) is 29.6 Å². The van der Waals surface area contributed by atoms with Crippen LogP contribution in [0.1, 0.15) is 48.2 Å². The second-order valence-electron chi connectivity index (χ2n) is 6.95. The van der Waals surface area contributed by atoms with Crippen molar-refractivity contribution in [1.29, 1.82) is 0 Å². The molecule has 6 heteroatoms. The second-order valence-corrected chi connectivity index (χ2v) is 6.95. The number of aryl methyl sites for hydroxylation is 1. The van der Waals surface area contributed by atoms with E-state index in [0.717, 1.165) is 42.9 Å². The molecule has 1 aliphatic rings. The van der Waals surface area contributed by atoms with Crippen LogP contribution in [0.5, 0.6) is 11.5 Å². The molecule has 3 rings (SSSR count). The van der Waals surface area contributed by atoms with Crippen molar-refractivity contribution in [3.8, 4) is 11.5 Å². The van der Waals surface area contributed by atoms with Crippen LogP contribution in [-0.2, 0) is 11.3 Å². The molecule has 164 valence electrons. The number of rotatable bonds is 7. The number of hydrogen-bond acceptors (Lipinski definition) is 5. The van der Waals surface area contributed by atoms with Gasteiger partial charge in [-0.1, -0.05) is 31.5 Å². The van der Waals surface area contributed by atoms with Gasteiger partial charge in [-0.3, -0.25) is 4.79 Å². The number of ether oxygens (including phenoxy) is 3. The number of carbonyl (C=O) groups excluding carboxylic acids is 1. The summed E-state index contributed by atoms with van der Waals surface area (Å²) in [5.41, 5.74) is 3.51. The van der Waals surface area contributed by atoms with Crippen LogP contribution < -0.4 is 20.1 Å². The van der Waals surface area contributed by atoms with Crippen molar-refractivity contribution in [3.05, 3.63) is 53.1 Å². The van der Waals surface area contributed by atoms with Crippen LogP contribution in [0.4, 0.5) is 5.69 Å². The van der Waals surface area contributed by atoms with Crippen molar-refractivity contribution < 1.29 is 19.0 Å². The van der Waals surface area contributed by atoms with Crippen LogP contribution in [-0.4, -0.2) is 39.4 Å². The van der Waals surface area contributed by atoms with Crippen LogP contribution in [0.3, 0.4) is 0 Å². The van der Waals surface area contributed by atoms with Gasteiger partial charge in [0.1, 0.15) is 0 Å². The van der Waals surface area contributed by atoms with Crippen LogP contribution in [0.15, 0.2) is 36.4 Å². The number of benzene rings is 2. The topological polar surface area (TPSA) is 68.8 Å². The van der Waals surface area contributed by atoms with Crippen LogP contribution in [0, 0.1) is 6.92 Å². The zero-order chi connectivity index (χ0) is 21.9. The van der Waals surface area contributed by atoms with Crippen LogP contribution in [0.25, 0.3) is 0 Å². The maximum absolute atomic E-state index is 12.9. The Morgan fingerprint density at radius 3 is 2.40 bits per heavy atom. The molecule has 0 aromatic heterocycles. The highest BCUT2D eigenvalue weighted by atomic mass is 16.5. The Kier molecular flexibility index (Phi) is 9.48. The molecular formula is C24H34N2O4. The predicted molar refractivity (Wildman–Crippen MR) is 121 cm³/mol. The quantitative estimate of drug-likeness (QED) is 0.695. The lowest BCUT2D eigenvalue weighted by Gasteiger charge is -2.25. The number of anilines is 1. The summed E-state index contributed by atoms with van der Waals surface area (Å²) in [5.74, 6) is 1.21. The van der Waals surface area contributed by atoms with Crippen molar-refractivity contribution >= 4 is 11.6 Å². The third-order valence-corrected chi connectivity index (χ3v) is 4.90. The SMILES string of the molecule is CC.COc1ccc(CNC(=O)c2cc(C)ccc2NC2CCOCC2)cc1OC. The van der Waals surface area contributed by atoms with Crippen molar-refractivity contribution in [1.82, 2.24) is 5.32 Å². The first-order valence-electron chi connectivity index (χ1n) is 10.5. The molecule has 30 heavy (non-hydrogen) atoms. The minimum Gasteiger partial charge on any atom is -0.493 e. The highest BCUT2D eigenvalue weighted by Crippen LogP contribution is 2.27. The summed E-state index contributed by atoms with van der Waals surface area (Å²) in [7, 11) is 3.20. The van der Waals surface area contributed by atoms with Gasteiger partial charge in [0.25, 0.3) is 5.91 Å². The summed E-state index contributed by atoms with van der Waals surface area (Å²) >= 11 is 0. The van der Waals surface area contributed by atoms with Gasteiger partial charge in [0.15, 0.2) is 11.5 Å². The van der Waals surface area contributed by atoms with E-state index in [1.54, 1.807) is 14.2 Å². The molecule has 2 N–H and O–H groups in total. The van der Waals surface area contributed by atoms with E-state index in [2.05, 4.69) is 10.6 Å². The van der Waals surface area contributed by atoms with Gasteiger partial charge in [-0.15, -0.1) is 0 Å². The van der Waals surface area contributed by atoms with Gasteiger partial charge in [-0.05, 0) is 49.6 Å². The zero-order valence-corrected chi connectivity index (χ0v) is 18.7. The molecule has 1 aliphatic heterocycles. The molecule has 0 spiro atoms. The summed E-state index contributed by atoms with van der Waals surface area (Å²) in [6.45, 7) is 7.90. The summed E-state index contributed by atoms with van der Waals surface area (Å²) in [4.78, 5) is 12.9. The Hall–Kier alpha value is -2.73. The Labute approximate surface area is 179 Å². The number of methoxy groups -OCH3 is 2. The fourth-order valence-electron chi connectivity index (χ4n) is 3.30. The zero-order valence-electron chi connectivity index (χ0n) is 18.7. The minimum absolute atomic E-state index is 0.104. The summed E-state index contributed by atoms with van der Waals surface area (Å²) in [6, 6.07) is 11.9. The largest absolute Gasteiger partial charge is 0.493 e. The maximum Gasteiger partial charge on any atom is 0.253 e. The molecule has 0 aliphatic carbocycles. The summed E-state index contributed by atoms with van der Waals surface area (Å²) < 4.78 is 16.0. The molecule has 0 bridgehead atoms. The average Bonchev–Trinajstić information content (AvgIpc) is 2.80. The highest BCUT2D eigenvalue weighted by Gasteiger charge is 2.18. The lowest BCUT2D eigenvalue weighted by Crippen LogP contribution is -2.30. The van der Waals surface area contributed by atoms with Crippen molar-refractivity contribution in [2.75, 3.05) is 32.8 Å². The Balaban J connectivity index is 0.00000155. The van der Waals surface area contributed by atoms with Gasteiger partial charge >= 0.3 is 0 Å². The molecule has 1 fully saturated rings. The van der Waals surface area contributed by atoms with E-state index in [1.807, 2.05) is 57.2 Å². The molecule has 1 amide bonds. The predicted octanol–water partition coefficient (Wildman–Crippen LogP) is 4.56. The van der Waals surface area contributed by atoms with Crippen molar-refractivity contribution in [3.63, 3.8) is 0 Å². The van der Waals surface area contributed by atoms with E-state index in [-0.39, 0.29) is 5.91 Å². The molecule has 0 atom stereocenters. The van der Waals surface area contributed by atoms with E-state index >= 15 is 0 Å². The van der Waals surface area contributed by atoms with Gasteiger partial charge in [-0.25, -0.2) is 0 Å². The van der Waals surface area contributed by atoms with E-state index in [1.165, 1.54) is 0 Å². The molecular weight excluding hydrogens is 380 g/mol. The van der Waals surface area contributed by atoms with Gasteiger partial charge in [0.05, 0.1) is 19.8 Å². The third kappa shape index (κ3) is 6.39. The number of nitrogens with one attached hydrogen (secondary N) is 2. The van der Waals surface area contributed by atoms with Crippen molar-refractivity contribution in [2.45, 2.75) is 46.2 Å². The number of hydrogen-bond donors (Lipinski definition) is 2. The van der Waals surface area contributed by atoms with Crippen molar-refractivity contribution in [2.24, 2.45) is 0 Å². The molecule has 0 saturated carbocycles. The van der Waals surface area contributed by atoms with Gasteiger partial charge in [-0.2, -0.15) is 0 Å². The molecule has 1 saturated heterocycles. The first kappa shape index (κ1) is 23.5. The first-order chi connectivity index (χ1) is 14.6. The summed E-state index contributed by atoms with van der Waals surface area (Å²) in [5, 5.41) is 6.52. The molecule has 6 nitrogen and oxygen atoms in total. The van der Waals surface area contributed by atoms with Crippen LogP contribution in [0.2, 0.25) is 0 Å². The number of carbonyl (C=O) groups is 1. The molecule has 2 aromatic rings. The first-order valence-corrected chi connectivity index (χ1v) is 10.5. The molecule has 0 unspecified atom stereocenters. The molecule has 2 aromatic carbocycles.